The van der Waals surface area contributed by atoms with Crippen LogP contribution >= 0.6 is 11.6 Å². The molecule has 0 aliphatic heterocycles. The minimum absolute atomic E-state index is 0.0417. The van der Waals surface area contributed by atoms with Gasteiger partial charge in [-0.1, -0.05) is 0 Å². The third-order valence-corrected chi connectivity index (χ3v) is 0.792. The maximum absolute atomic E-state index is 10.0. The number of carboxylic acids is 1. The highest BCUT2D eigenvalue weighted by Crippen LogP contribution is 2.08. The second-order valence-corrected chi connectivity index (χ2v) is 3.68. The summed E-state index contributed by atoms with van der Waals surface area (Å²) in [4.78, 5) is 19.5. The number of hydrogen-bond acceptors (Lipinski definition) is 4. The Bertz CT molecular complexity index is 188. The molecule has 14 heavy (non-hydrogen) atoms. The van der Waals surface area contributed by atoms with Crippen LogP contribution in [0.1, 0.15) is 20.8 Å². The second-order valence-electron chi connectivity index (χ2n) is 3.38. The van der Waals surface area contributed by atoms with Gasteiger partial charge in [-0.2, -0.15) is 0 Å². The largest absolute Gasteiger partial charge is 0.480 e. The topological polar surface area (TPSA) is 75.6 Å². The molecule has 0 heterocycles. The lowest BCUT2D eigenvalue weighted by molar-refractivity contribution is -0.135. The molecule has 84 valence electrons. The van der Waals surface area contributed by atoms with Crippen molar-refractivity contribution in [1.82, 2.24) is 5.32 Å². The number of halogens is 1. The quantitative estimate of drug-likeness (QED) is 0.696. The predicted octanol–water partition coefficient (Wildman–Crippen LogP) is 1.45. The zero-order valence-electron chi connectivity index (χ0n) is 8.76. The average molecular weight is 226 g/mol. The molecular formula is C8H16ClNO4. The molecular weight excluding hydrogens is 210 g/mol. The lowest BCUT2D eigenvalue weighted by Crippen LogP contribution is -2.20. The van der Waals surface area contributed by atoms with Crippen LogP contribution in [0.15, 0.2) is 0 Å². The van der Waals surface area contributed by atoms with Gasteiger partial charge in [-0.15, -0.1) is 0 Å². The third-order valence-electron chi connectivity index (χ3n) is 0.714. The van der Waals surface area contributed by atoms with Crippen LogP contribution in [-0.2, 0) is 9.53 Å². The number of ether oxygens (including phenoxy) is 1. The van der Waals surface area contributed by atoms with Crippen molar-refractivity contribution in [1.29, 1.82) is 0 Å². The van der Waals surface area contributed by atoms with Gasteiger partial charge in [-0.25, -0.2) is 4.79 Å². The van der Waals surface area contributed by atoms with Gasteiger partial charge in [-0.05, 0) is 27.8 Å². The van der Waals surface area contributed by atoms with Crippen LogP contribution in [0.2, 0.25) is 0 Å². The molecule has 0 amide bonds. The standard InChI is InChI=1S/C5H9ClO2.C3H7NO2/c1-5(2,3)8-4(6)7;1-4-2-3(5)6/h1-3H3;4H,2H2,1H3,(H,5,6). The van der Waals surface area contributed by atoms with E-state index in [1.54, 1.807) is 27.8 Å². The van der Waals surface area contributed by atoms with E-state index in [1.807, 2.05) is 0 Å². The summed E-state index contributed by atoms with van der Waals surface area (Å²) in [6, 6.07) is 0. The summed E-state index contributed by atoms with van der Waals surface area (Å²) in [5, 5.41) is 10.3. The van der Waals surface area contributed by atoms with Crippen molar-refractivity contribution >= 4 is 23.0 Å². The number of likely N-dealkylation sites (N-methyl/N-ethyl adjacent to an activating group) is 1. The molecule has 0 atom stereocenters. The summed E-state index contributed by atoms with van der Waals surface area (Å²) in [6.07, 6.45) is 0. The summed E-state index contributed by atoms with van der Waals surface area (Å²) < 4.78 is 4.56. The molecule has 0 fully saturated rings. The fraction of sp³-hybridized carbons (Fsp3) is 0.750. The van der Waals surface area contributed by atoms with Gasteiger partial charge in [0.15, 0.2) is 0 Å². The van der Waals surface area contributed by atoms with Crippen LogP contribution in [0, 0.1) is 0 Å². The molecule has 0 saturated heterocycles. The molecule has 0 rings (SSSR count). The molecule has 6 heteroatoms. The Morgan fingerprint density at radius 1 is 1.43 bits per heavy atom. The minimum atomic E-state index is -0.822. The van der Waals surface area contributed by atoms with E-state index in [0.717, 1.165) is 0 Å². The molecule has 0 aromatic heterocycles. The van der Waals surface area contributed by atoms with E-state index in [4.69, 9.17) is 16.7 Å². The van der Waals surface area contributed by atoms with Gasteiger partial charge in [0.05, 0.1) is 6.54 Å². The lowest BCUT2D eigenvalue weighted by Gasteiger charge is -2.16. The highest BCUT2D eigenvalue weighted by molar-refractivity contribution is 6.61. The van der Waals surface area contributed by atoms with E-state index in [2.05, 4.69) is 10.1 Å². The summed E-state index contributed by atoms with van der Waals surface area (Å²) in [5.41, 5.74) is -1.21. The molecule has 0 unspecified atom stereocenters. The van der Waals surface area contributed by atoms with Gasteiger partial charge in [0.1, 0.15) is 5.60 Å². The van der Waals surface area contributed by atoms with Crippen molar-refractivity contribution in [2.45, 2.75) is 26.4 Å². The van der Waals surface area contributed by atoms with Crippen LogP contribution < -0.4 is 5.32 Å². The molecule has 0 spiro atoms. The van der Waals surface area contributed by atoms with E-state index >= 15 is 0 Å². The van der Waals surface area contributed by atoms with Crippen LogP contribution in [0.25, 0.3) is 0 Å². The van der Waals surface area contributed by atoms with Gasteiger partial charge in [0.2, 0.25) is 0 Å². The molecule has 0 radical (unpaired) electrons. The Morgan fingerprint density at radius 3 is 1.86 bits per heavy atom. The molecule has 0 aliphatic rings. The number of rotatable bonds is 2. The maximum Gasteiger partial charge on any atom is 0.404 e. The number of carboxylic acid groups (broad SMARTS) is 1. The third kappa shape index (κ3) is 22.5. The Hall–Kier alpha value is -0.810. The molecule has 0 aromatic carbocycles. The number of aliphatic carboxylic acids is 1. The van der Waals surface area contributed by atoms with Crippen molar-refractivity contribution in [3.8, 4) is 0 Å². The van der Waals surface area contributed by atoms with Gasteiger partial charge >= 0.3 is 11.4 Å². The van der Waals surface area contributed by atoms with Crippen molar-refractivity contribution in [2.75, 3.05) is 13.6 Å². The van der Waals surface area contributed by atoms with E-state index in [-0.39, 0.29) is 6.54 Å². The fourth-order valence-electron chi connectivity index (χ4n) is 0.392. The van der Waals surface area contributed by atoms with Gasteiger partial charge in [-0.3, -0.25) is 4.79 Å². The fourth-order valence-corrected chi connectivity index (χ4v) is 0.623. The maximum atomic E-state index is 10.0. The Kier molecular flexibility index (Phi) is 8.48. The highest BCUT2D eigenvalue weighted by Gasteiger charge is 2.13. The number of nitrogens with one attached hydrogen (secondary N) is 1. The van der Waals surface area contributed by atoms with Crippen molar-refractivity contribution < 1.29 is 19.4 Å². The molecule has 5 nitrogen and oxygen atoms in total. The molecule has 0 saturated carbocycles. The average Bonchev–Trinajstić information content (AvgIpc) is 1.80. The van der Waals surface area contributed by atoms with E-state index in [1.165, 1.54) is 0 Å². The van der Waals surface area contributed by atoms with E-state index < -0.39 is 17.0 Å². The van der Waals surface area contributed by atoms with Crippen LogP contribution in [-0.4, -0.2) is 35.7 Å². The van der Waals surface area contributed by atoms with Crippen LogP contribution in [0.3, 0.4) is 0 Å². The Morgan fingerprint density at radius 2 is 1.86 bits per heavy atom. The van der Waals surface area contributed by atoms with E-state index in [0.29, 0.717) is 0 Å². The van der Waals surface area contributed by atoms with E-state index in [9.17, 15) is 9.59 Å². The van der Waals surface area contributed by atoms with Gasteiger partial charge in [0, 0.05) is 11.6 Å². The number of carbonyl (C=O) groups excluding carboxylic acids is 1. The first kappa shape index (κ1) is 15.7. The summed E-state index contributed by atoms with van der Waals surface area (Å²) >= 11 is 4.90. The van der Waals surface area contributed by atoms with Crippen molar-refractivity contribution in [2.24, 2.45) is 0 Å². The predicted molar refractivity (Wildman–Crippen MR) is 53.6 cm³/mol. The summed E-state index contributed by atoms with van der Waals surface area (Å²) in [6.45, 7) is 5.31. The van der Waals surface area contributed by atoms with Gasteiger partial charge < -0.3 is 15.2 Å². The number of carbonyl (C=O) groups is 2. The lowest BCUT2D eigenvalue weighted by atomic mass is 10.2. The second kappa shape index (κ2) is 7.58. The van der Waals surface area contributed by atoms with Crippen molar-refractivity contribution in [3.05, 3.63) is 0 Å². The van der Waals surface area contributed by atoms with Crippen LogP contribution in [0.4, 0.5) is 4.79 Å². The zero-order valence-corrected chi connectivity index (χ0v) is 9.51. The molecule has 2 N–H and O–H groups in total. The molecule has 0 bridgehead atoms. The normalized spacial score (nSPS) is 9.79. The Balaban J connectivity index is 0. The first-order chi connectivity index (χ1) is 6.19. The minimum Gasteiger partial charge on any atom is -0.480 e. The van der Waals surface area contributed by atoms with Gasteiger partial charge in [0.25, 0.3) is 0 Å². The first-order valence-corrected chi connectivity index (χ1v) is 4.31. The highest BCUT2D eigenvalue weighted by atomic mass is 35.5. The zero-order chi connectivity index (χ0) is 11.8. The molecule has 0 aliphatic carbocycles. The summed E-state index contributed by atoms with van der Waals surface area (Å²) in [7, 11) is 1.59. The molecule has 0 aromatic rings. The van der Waals surface area contributed by atoms with Crippen LogP contribution in [0.5, 0.6) is 0 Å². The number of hydrogen-bond donors (Lipinski definition) is 2. The van der Waals surface area contributed by atoms with Crippen molar-refractivity contribution in [3.63, 3.8) is 0 Å². The first-order valence-electron chi connectivity index (χ1n) is 3.94. The SMILES string of the molecule is CC(C)(C)OC(=O)Cl.CNCC(=O)O. The smallest absolute Gasteiger partial charge is 0.404 e. The summed E-state index contributed by atoms with van der Waals surface area (Å²) in [5.74, 6) is -0.822. The Labute approximate surface area is 88.4 Å². The monoisotopic (exact) mass is 225 g/mol.